The van der Waals surface area contributed by atoms with Gasteiger partial charge in [-0.25, -0.2) is 8.42 Å². The summed E-state index contributed by atoms with van der Waals surface area (Å²) in [7, 11) is -3.58. The van der Waals surface area contributed by atoms with E-state index in [1.807, 2.05) is 19.1 Å². The SMILES string of the molecule is Cc1ccc(Cc2ccc(C)c(S(=O)(=O)C(Br)(Br)Br)c2)cc1. The lowest BCUT2D eigenvalue weighted by Crippen LogP contribution is -2.19. The Bertz CT molecular complexity index is 776. The zero-order valence-corrected chi connectivity index (χ0v) is 17.7. The summed E-state index contributed by atoms with van der Waals surface area (Å²) >= 11 is 9.35. The van der Waals surface area contributed by atoms with Crippen LogP contribution in [-0.2, 0) is 16.3 Å². The van der Waals surface area contributed by atoms with Gasteiger partial charge >= 0.3 is 0 Å². The third kappa shape index (κ3) is 4.02. The number of aryl methyl sites for hydroxylation is 2. The van der Waals surface area contributed by atoms with Crippen LogP contribution in [0.2, 0.25) is 0 Å². The Labute approximate surface area is 156 Å². The van der Waals surface area contributed by atoms with Gasteiger partial charge in [0.15, 0.2) is 0 Å². The van der Waals surface area contributed by atoms with Crippen LogP contribution in [0.1, 0.15) is 22.3 Å². The summed E-state index contributed by atoms with van der Waals surface area (Å²) in [6.07, 6.45) is 0.697. The van der Waals surface area contributed by atoms with Crippen molar-refractivity contribution in [3.8, 4) is 0 Å². The van der Waals surface area contributed by atoms with Crippen LogP contribution >= 0.6 is 47.8 Å². The first-order valence-electron chi connectivity index (χ1n) is 6.58. The normalized spacial score (nSPS) is 12.4. The van der Waals surface area contributed by atoms with E-state index in [1.54, 1.807) is 13.0 Å². The number of hydrogen-bond donors (Lipinski definition) is 0. The van der Waals surface area contributed by atoms with Crippen molar-refractivity contribution in [3.63, 3.8) is 0 Å². The molecule has 0 fully saturated rings. The quantitative estimate of drug-likeness (QED) is 0.513. The van der Waals surface area contributed by atoms with Crippen LogP contribution in [0.25, 0.3) is 0 Å². The summed E-state index contributed by atoms with van der Waals surface area (Å²) in [6.45, 7) is 3.84. The van der Waals surface area contributed by atoms with Crippen LogP contribution in [0.4, 0.5) is 0 Å². The second-order valence-electron chi connectivity index (χ2n) is 5.21. The Morgan fingerprint density at radius 3 is 2.00 bits per heavy atom. The average Bonchev–Trinajstić information content (AvgIpc) is 2.42. The van der Waals surface area contributed by atoms with Gasteiger partial charge in [-0.2, -0.15) is 0 Å². The summed E-state index contributed by atoms with van der Waals surface area (Å²) in [5.74, 6) is 0. The number of alkyl halides is 3. The predicted octanol–water partition coefficient (Wildman–Crippen LogP) is 5.46. The average molecular weight is 511 g/mol. The highest BCUT2D eigenvalue weighted by molar-refractivity contribution is 9.42. The molecular weight excluding hydrogens is 496 g/mol. The first-order chi connectivity index (χ1) is 10.1. The minimum Gasteiger partial charge on any atom is -0.220 e. The van der Waals surface area contributed by atoms with Gasteiger partial charge in [-0.3, -0.25) is 0 Å². The van der Waals surface area contributed by atoms with E-state index in [1.165, 1.54) is 5.56 Å². The molecule has 0 N–H and O–H groups in total. The first-order valence-corrected chi connectivity index (χ1v) is 10.4. The molecule has 0 amide bonds. The molecule has 118 valence electrons. The van der Waals surface area contributed by atoms with Gasteiger partial charge in [0.25, 0.3) is 0 Å². The van der Waals surface area contributed by atoms with Crippen LogP contribution in [0.3, 0.4) is 0 Å². The summed E-state index contributed by atoms with van der Waals surface area (Å²) in [6, 6.07) is 13.8. The molecule has 0 heterocycles. The first kappa shape index (κ1) is 18.2. The Morgan fingerprint density at radius 1 is 0.909 bits per heavy atom. The summed E-state index contributed by atoms with van der Waals surface area (Å²) in [5.41, 5.74) is 4.04. The molecule has 0 unspecified atom stereocenters. The fourth-order valence-electron chi connectivity index (χ4n) is 2.11. The minimum atomic E-state index is -3.58. The van der Waals surface area contributed by atoms with Crippen LogP contribution in [0.15, 0.2) is 47.4 Å². The molecule has 0 aliphatic heterocycles. The van der Waals surface area contributed by atoms with E-state index in [2.05, 4.69) is 72.1 Å². The van der Waals surface area contributed by atoms with Crippen LogP contribution in [0.5, 0.6) is 0 Å². The molecule has 0 aromatic heterocycles. The molecule has 0 aliphatic rings. The second-order valence-corrected chi connectivity index (χ2v) is 15.6. The van der Waals surface area contributed by atoms with E-state index in [0.717, 1.165) is 16.7 Å². The van der Waals surface area contributed by atoms with Crippen molar-refractivity contribution in [2.24, 2.45) is 0 Å². The zero-order chi connectivity index (χ0) is 16.5. The second kappa shape index (κ2) is 6.75. The number of sulfone groups is 1. The van der Waals surface area contributed by atoms with Crippen LogP contribution in [0, 0.1) is 13.8 Å². The van der Waals surface area contributed by atoms with Crippen molar-refractivity contribution in [1.29, 1.82) is 0 Å². The molecule has 2 rings (SSSR count). The lowest BCUT2D eigenvalue weighted by Gasteiger charge is -2.16. The maximum atomic E-state index is 12.6. The van der Waals surface area contributed by atoms with Gasteiger partial charge in [0, 0.05) is 0 Å². The van der Waals surface area contributed by atoms with Gasteiger partial charge < -0.3 is 0 Å². The molecule has 22 heavy (non-hydrogen) atoms. The van der Waals surface area contributed by atoms with Crippen LogP contribution in [-0.4, -0.2) is 9.89 Å². The number of benzene rings is 2. The fraction of sp³-hybridized carbons (Fsp3) is 0.250. The lowest BCUT2D eigenvalue weighted by molar-refractivity contribution is 0.598. The molecule has 0 bridgehead atoms. The van der Waals surface area contributed by atoms with Gasteiger partial charge in [-0.1, -0.05) is 42.0 Å². The summed E-state index contributed by atoms with van der Waals surface area (Å²) in [4.78, 5) is 0.308. The van der Waals surface area contributed by atoms with Crippen molar-refractivity contribution < 1.29 is 8.42 Å². The molecule has 0 saturated carbocycles. The van der Waals surface area contributed by atoms with E-state index in [4.69, 9.17) is 0 Å². The summed E-state index contributed by atoms with van der Waals surface area (Å²) in [5, 5.41) is 0. The highest BCUT2D eigenvalue weighted by Crippen LogP contribution is 2.44. The topological polar surface area (TPSA) is 34.1 Å². The standard InChI is InChI=1S/C16H15Br3O2S/c1-11-3-6-13(7-4-11)9-14-8-5-12(2)15(10-14)22(20,21)16(17,18)19/h3-8,10H,9H2,1-2H3. The lowest BCUT2D eigenvalue weighted by atomic mass is 10.0. The van der Waals surface area contributed by atoms with E-state index in [9.17, 15) is 8.42 Å². The smallest absolute Gasteiger partial charge is 0.220 e. The van der Waals surface area contributed by atoms with Gasteiger partial charge in [-0.15, -0.1) is 0 Å². The van der Waals surface area contributed by atoms with E-state index >= 15 is 0 Å². The van der Waals surface area contributed by atoms with Crippen molar-refractivity contribution in [2.45, 2.75) is 26.6 Å². The molecule has 0 saturated heterocycles. The summed E-state index contributed by atoms with van der Waals surface area (Å²) < 4.78 is 23.8. The molecule has 0 aliphatic carbocycles. The number of halogens is 3. The largest absolute Gasteiger partial charge is 0.239 e. The Morgan fingerprint density at radius 2 is 1.45 bits per heavy atom. The zero-order valence-electron chi connectivity index (χ0n) is 12.1. The Balaban J connectivity index is 2.41. The van der Waals surface area contributed by atoms with Crippen molar-refractivity contribution in [3.05, 3.63) is 64.7 Å². The van der Waals surface area contributed by atoms with Crippen molar-refractivity contribution in [1.82, 2.24) is 0 Å². The van der Waals surface area contributed by atoms with E-state index in [0.29, 0.717) is 11.3 Å². The molecule has 6 heteroatoms. The highest BCUT2D eigenvalue weighted by Gasteiger charge is 2.38. The molecule has 0 radical (unpaired) electrons. The predicted molar refractivity (Wildman–Crippen MR) is 102 cm³/mol. The van der Waals surface area contributed by atoms with Gasteiger partial charge in [-0.05, 0) is 90.8 Å². The maximum Gasteiger partial charge on any atom is 0.239 e. The third-order valence-electron chi connectivity index (χ3n) is 3.38. The van der Waals surface area contributed by atoms with Gasteiger partial charge in [0.05, 0.1) is 4.90 Å². The van der Waals surface area contributed by atoms with E-state index in [-0.39, 0.29) is 0 Å². The van der Waals surface area contributed by atoms with Gasteiger partial charge in [0.1, 0.15) is 0 Å². The Hall–Kier alpha value is -0.170. The number of rotatable bonds is 3. The molecule has 2 aromatic rings. The van der Waals surface area contributed by atoms with E-state index < -0.39 is 11.3 Å². The fourth-order valence-corrected chi connectivity index (χ4v) is 4.73. The maximum absolute atomic E-state index is 12.6. The molecule has 0 atom stereocenters. The monoisotopic (exact) mass is 508 g/mol. The molecule has 2 aromatic carbocycles. The minimum absolute atomic E-state index is 0.308. The Kier molecular flexibility index (Phi) is 5.58. The van der Waals surface area contributed by atoms with Crippen molar-refractivity contribution >= 4 is 57.6 Å². The van der Waals surface area contributed by atoms with Crippen molar-refractivity contribution in [2.75, 3.05) is 0 Å². The van der Waals surface area contributed by atoms with Crippen LogP contribution < -0.4 is 0 Å². The third-order valence-corrected chi connectivity index (χ3v) is 8.84. The number of hydrogen-bond acceptors (Lipinski definition) is 2. The van der Waals surface area contributed by atoms with Gasteiger partial charge in [0.2, 0.25) is 11.3 Å². The molecular formula is C16H15Br3O2S. The molecule has 2 nitrogen and oxygen atoms in total. The molecule has 0 spiro atoms. The highest BCUT2D eigenvalue weighted by atomic mass is 80.0.